The minimum atomic E-state index is -3.61. The Morgan fingerprint density at radius 2 is 1.85 bits per heavy atom. The lowest BCUT2D eigenvalue weighted by Crippen LogP contribution is -2.47. The Bertz CT molecular complexity index is 736. The van der Waals surface area contributed by atoms with E-state index in [2.05, 4.69) is 10.4 Å². The molecule has 1 aromatic rings. The maximum atomic E-state index is 13.0. The lowest BCUT2D eigenvalue weighted by Gasteiger charge is -2.32. The van der Waals surface area contributed by atoms with Gasteiger partial charge in [0, 0.05) is 26.2 Å². The smallest absolute Gasteiger partial charge is 0.246 e. The molecule has 1 unspecified atom stereocenters. The first kappa shape index (κ1) is 19.4. The molecule has 1 amide bonds. The van der Waals surface area contributed by atoms with Crippen molar-refractivity contribution in [3.05, 3.63) is 11.9 Å². The van der Waals surface area contributed by atoms with Gasteiger partial charge in [-0.2, -0.15) is 9.40 Å². The number of nitrogens with zero attached hydrogens (tertiary/aromatic N) is 3. The Labute approximate surface area is 156 Å². The van der Waals surface area contributed by atoms with E-state index in [1.807, 2.05) is 0 Å². The average molecular weight is 383 g/mol. The van der Waals surface area contributed by atoms with Crippen LogP contribution in [0.25, 0.3) is 0 Å². The molecule has 0 radical (unpaired) electrons. The molecule has 1 aliphatic carbocycles. The molecule has 1 aliphatic heterocycles. The molecule has 2 aliphatic rings. The summed E-state index contributed by atoms with van der Waals surface area (Å²) in [6.07, 6.45) is 9.74. The molecule has 1 aromatic heterocycles. The minimum Gasteiger partial charge on any atom is -0.353 e. The van der Waals surface area contributed by atoms with Crippen molar-refractivity contribution in [3.63, 3.8) is 0 Å². The normalized spacial score (nSPS) is 23.5. The highest BCUT2D eigenvalue weighted by Crippen LogP contribution is 2.26. The number of aryl methyl sites for hydroxylation is 1. The van der Waals surface area contributed by atoms with E-state index in [9.17, 15) is 13.2 Å². The van der Waals surface area contributed by atoms with E-state index in [1.54, 1.807) is 18.7 Å². The Morgan fingerprint density at radius 3 is 2.46 bits per heavy atom. The second-order valence-corrected chi connectivity index (χ2v) is 9.52. The number of carbonyl (C=O) groups is 1. The number of carbonyl (C=O) groups excluding carboxylic acids is 1. The number of nitrogens with one attached hydrogen (secondary N) is 1. The van der Waals surface area contributed by atoms with Crippen LogP contribution in [0.3, 0.4) is 0 Å². The van der Waals surface area contributed by atoms with Gasteiger partial charge in [-0.15, -0.1) is 0 Å². The van der Waals surface area contributed by atoms with Crippen LogP contribution in [0.5, 0.6) is 0 Å². The molecule has 2 fully saturated rings. The zero-order valence-electron chi connectivity index (χ0n) is 15.8. The Balaban J connectivity index is 1.66. The van der Waals surface area contributed by atoms with Gasteiger partial charge in [-0.05, 0) is 32.6 Å². The van der Waals surface area contributed by atoms with E-state index in [1.165, 1.54) is 23.3 Å². The molecular weight excluding hydrogens is 352 g/mol. The molecule has 0 spiro atoms. The second-order valence-electron chi connectivity index (χ2n) is 7.62. The fourth-order valence-electron chi connectivity index (χ4n) is 3.99. The summed E-state index contributed by atoms with van der Waals surface area (Å²) in [7, 11) is -1.88. The molecule has 1 saturated carbocycles. The van der Waals surface area contributed by atoms with E-state index in [0.717, 1.165) is 32.1 Å². The summed E-state index contributed by atoms with van der Waals surface area (Å²) in [6, 6.07) is 0.248. The maximum absolute atomic E-state index is 13.0. The highest BCUT2D eigenvalue weighted by Gasteiger charge is 2.35. The zero-order chi connectivity index (χ0) is 18.7. The molecule has 2 heterocycles. The zero-order valence-corrected chi connectivity index (χ0v) is 16.6. The molecule has 1 atom stereocenters. The summed E-state index contributed by atoms with van der Waals surface area (Å²) in [6.45, 7) is 2.47. The topological polar surface area (TPSA) is 84.3 Å². The molecule has 0 aromatic carbocycles. The lowest BCUT2D eigenvalue weighted by atomic mass is 9.97. The van der Waals surface area contributed by atoms with Crippen LogP contribution >= 0.6 is 0 Å². The SMILES string of the molecule is Cc1c(S(=O)(=O)N2CCCC(C(=O)NC3CCCCCC3)C2)cnn1C. The quantitative estimate of drug-likeness (QED) is 0.807. The second kappa shape index (κ2) is 8.08. The average Bonchev–Trinajstić information content (AvgIpc) is 2.83. The predicted octanol–water partition coefficient (Wildman–Crippen LogP) is 1.97. The van der Waals surface area contributed by atoms with Crippen LogP contribution in [0.1, 0.15) is 57.1 Å². The third-order valence-corrected chi connectivity index (χ3v) is 7.73. The van der Waals surface area contributed by atoms with Gasteiger partial charge >= 0.3 is 0 Å². The fourth-order valence-corrected chi connectivity index (χ4v) is 5.70. The highest BCUT2D eigenvalue weighted by atomic mass is 32.2. The standard InChI is InChI=1S/C18H30N4O3S/c1-14-17(12-19-21(14)2)26(24,25)22-11-7-8-15(13-22)18(23)20-16-9-5-3-4-6-10-16/h12,15-16H,3-11,13H2,1-2H3,(H,20,23). The summed E-state index contributed by atoms with van der Waals surface area (Å²) >= 11 is 0. The molecule has 0 bridgehead atoms. The number of amides is 1. The van der Waals surface area contributed by atoms with E-state index >= 15 is 0 Å². The van der Waals surface area contributed by atoms with Crippen LogP contribution in [0.4, 0.5) is 0 Å². The first-order valence-corrected chi connectivity index (χ1v) is 11.1. The van der Waals surface area contributed by atoms with Crippen LogP contribution in [-0.4, -0.2) is 47.5 Å². The van der Waals surface area contributed by atoms with E-state index in [0.29, 0.717) is 18.7 Å². The molecule has 146 valence electrons. The van der Waals surface area contributed by atoms with Gasteiger partial charge < -0.3 is 5.32 Å². The maximum Gasteiger partial charge on any atom is 0.246 e. The van der Waals surface area contributed by atoms with Crippen molar-refractivity contribution in [2.24, 2.45) is 13.0 Å². The number of hydrogen-bond donors (Lipinski definition) is 1. The number of sulfonamides is 1. The van der Waals surface area contributed by atoms with Gasteiger partial charge in [-0.25, -0.2) is 8.42 Å². The van der Waals surface area contributed by atoms with Crippen molar-refractivity contribution >= 4 is 15.9 Å². The summed E-state index contributed by atoms with van der Waals surface area (Å²) in [5.74, 6) is -0.251. The van der Waals surface area contributed by atoms with Crippen molar-refractivity contribution in [1.29, 1.82) is 0 Å². The van der Waals surface area contributed by atoms with E-state index < -0.39 is 10.0 Å². The van der Waals surface area contributed by atoms with Crippen molar-refractivity contribution in [2.45, 2.75) is 69.2 Å². The Kier molecular flexibility index (Phi) is 6.02. The molecule has 8 heteroatoms. The summed E-state index contributed by atoms with van der Waals surface area (Å²) in [5.41, 5.74) is 0.620. The summed E-state index contributed by atoms with van der Waals surface area (Å²) < 4.78 is 29.0. The molecule has 1 N–H and O–H groups in total. The first-order valence-electron chi connectivity index (χ1n) is 9.68. The Morgan fingerprint density at radius 1 is 1.15 bits per heavy atom. The first-order chi connectivity index (χ1) is 12.4. The summed E-state index contributed by atoms with van der Waals surface area (Å²) in [4.78, 5) is 13.0. The third-order valence-electron chi connectivity index (χ3n) is 5.76. The van der Waals surface area contributed by atoms with E-state index in [-0.39, 0.29) is 29.3 Å². The van der Waals surface area contributed by atoms with Gasteiger partial charge in [-0.3, -0.25) is 9.48 Å². The third kappa shape index (κ3) is 4.11. The number of aromatic nitrogens is 2. The van der Waals surface area contributed by atoms with Crippen LogP contribution in [0, 0.1) is 12.8 Å². The molecule has 1 saturated heterocycles. The van der Waals surface area contributed by atoms with Crippen LogP contribution in [-0.2, 0) is 21.9 Å². The monoisotopic (exact) mass is 382 g/mol. The number of rotatable bonds is 4. The van der Waals surface area contributed by atoms with Gasteiger partial charge in [0.25, 0.3) is 0 Å². The van der Waals surface area contributed by atoms with Crippen molar-refractivity contribution in [3.8, 4) is 0 Å². The number of hydrogen-bond acceptors (Lipinski definition) is 4. The van der Waals surface area contributed by atoms with Crippen molar-refractivity contribution in [2.75, 3.05) is 13.1 Å². The molecule has 26 heavy (non-hydrogen) atoms. The van der Waals surface area contributed by atoms with Gasteiger partial charge in [-0.1, -0.05) is 25.7 Å². The number of piperidine rings is 1. The molecular formula is C18H30N4O3S. The van der Waals surface area contributed by atoms with Gasteiger partial charge in [0.15, 0.2) is 0 Å². The Hall–Kier alpha value is -1.41. The fraction of sp³-hybridized carbons (Fsp3) is 0.778. The van der Waals surface area contributed by atoms with E-state index in [4.69, 9.17) is 0 Å². The predicted molar refractivity (Wildman–Crippen MR) is 99.1 cm³/mol. The largest absolute Gasteiger partial charge is 0.353 e. The lowest BCUT2D eigenvalue weighted by molar-refractivity contribution is -0.126. The van der Waals surface area contributed by atoms with Crippen molar-refractivity contribution in [1.82, 2.24) is 19.4 Å². The van der Waals surface area contributed by atoms with Crippen molar-refractivity contribution < 1.29 is 13.2 Å². The summed E-state index contributed by atoms with van der Waals surface area (Å²) in [5, 5.41) is 7.23. The minimum absolute atomic E-state index is 0.0136. The van der Waals surface area contributed by atoms with Crippen LogP contribution in [0.15, 0.2) is 11.1 Å². The van der Waals surface area contributed by atoms with Gasteiger partial charge in [0.1, 0.15) is 4.90 Å². The molecule has 3 rings (SSSR count). The van der Waals surface area contributed by atoms with Crippen LogP contribution < -0.4 is 5.32 Å². The van der Waals surface area contributed by atoms with Gasteiger partial charge in [0.05, 0.1) is 17.8 Å². The highest BCUT2D eigenvalue weighted by molar-refractivity contribution is 7.89. The van der Waals surface area contributed by atoms with Crippen LogP contribution in [0.2, 0.25) is 0 Å². The molecule has 7 nitrogen and oxygen atoms in total. The van der Waals surface area contributed by atoms with Gasteiger partial charge in [0.2, 0.25) is 15.9 Å².